The van der Waals surface area contributed by atoms with Crippen LogP contribution in [0, 0.1) is 0 Å². The molecule has 1 aliphatic heterocycles. The normalized spacial score (nSPS) is 15.9. The Bertz CT molecular complexity index is 593. The molecule has 0 amide bonds. The first-order valence-electron chi connectivity index (χ1n) is 8.93. The number of aliphatic carboxylic acids is 1. The monoisotopic (exact) mass is 426 g/mol. The van der Waals surface area contributed by atoms with Gasteiger partial charge in [0.1, 0.15) is 18.1 Å². The number of carboxylic acid groups (broad SMARTS) is 1. The third-order valence-corrected chi connectivity index (χ3v) is 4.55. The summed E-state index contributed by atoms with van der Waals surface area (Å²) in [6, 6.07) is 5.60. The molecule has 0 bridgehead atoms. The van der Waals surface area contributed by atoms with Gasteiger partial charge in [0.15, 0.2) is 0 Å². The van der Waals surface area contributed by atoms with E-state index >= 15 is 0 Å². The van der Waals surface area contributed by atoms with Crippen molar-refractivity contribution in [3.63, 3.8) is 0 Å². The second-order valence-electron chi connectivity index (χ2n) is 6.40. The molecule has 0 unspecified atom stereocenters. The second-order valence-corrected chi connectivity index (χ2v) is 6.40. The lowest BCUT2D eigenvalue weighted by Crippen LogP contribution is -2.47. The van der Waals surface area contributed by atoms with Gasteiger partial charge >= 0.3 is 12.3 Å². The zero-order valence-electron chi connectivity index (χ0n) is 15.7. The lowest BCUT2D eigenvalue weighted by atomic mass is 10.0. The Morgan fingerprint density at radius 1 is 1.21 bits per heavy atom. The maximum Gasteiger partial charge on any atom is 0.573 e. The molecule has 0 spiro atoms. The topological polar surface area (TPSA) is 62.2 Å². The number of carboxylic acids is 1. The highest BCUT2D eigenvalue weighted by Gasteiger charge is 2.31. The molecule has 10 heteroatoms. The molecule has 1 heterocycles. The van der Waals surface area contributed by atoms with Gasteiger partial charge in [0, 0.05) is 12.6 Å². The zero-order valence-corrected chi connectivity index (χ0v) is 16.5. The minimum absolute atomic E-state index is 0. The van der Waals surface area contributed by atoms with Crippen molar-refractivity contribution in [2.45, 2.75) is 32.2 Å². The molecule has 1 aromatic rings. The van der Waals surface area contributed by atoms with Crippen LogP contribution >= 0.6 is 12.4 Å². The van der Waals surface area contributed by atoms with Gasteiger partial charge in [0.05, 0.1) is 6.54 Å². The Balaban J connectivity index is 0.00000392. The molecule has 1 saturated heterocycles. The summed E-state index contributed by atoms with van der Waals surface area (Å²) < 4.78 is 45.8. The number of nitrogens with zero attached hydrogens (tertiary/aromatic N) is 2. The summed E-state index contributed by atoms with van der Waals surface area (Å²) in [7, 11) is 0. The van der Waals surface area contributed by atoms with Gasteiger partial charge in [-0.05, 0) is 56.7 Å². The smallest absolute Gasteiger partial charge is 0.492 e. The molecule has 0 aromatic heterocycles. The van der Waals surface area contributed by atoms with E-state index in [0.717, 1.165) is 25.9 Å². The Kier molecular flexibility index (Phi) is 9.84. The van der Waals surface area contributed by atoms with Gasteiger partial charge in [-0.15, -0.1) is 25.6 Å². The number of piperidine rings is 1. The van der Waals surface area contributed by atoms with Gasteiger partial charge in [-0.1, -0.05) is 6.92 Å². The molecular formula is C18H26ClF3N2O4. The van der Waals surface area contributed by atoms with E-state index in [-0.39, 0.29) is 30.7 Å². The van der Waals surface area contributed by atoms with Crippen molar-refractivity contribution >= 4 is 18.4 Å². The molecule has 1 aromatic carbocycles. The quantitative estimate of drug-likeness (QED) is 0.654. The molecule has 0 aliphatic carbocycles. The number of carbonyl (C=O) groups is 1. The van der Waals surface area contributed by atoms with Crippen LogP contribution < -0.4 is 9.47 Å². The van der Waals surface area contributed by atoms with Crippen LogP contribution in [-0.2, 0) is 4.79 Å². The van der Waals surface area contributed by atoms with E-state index in [1.54, 1.807) is 0 Å². The molecular weight excluding hydrogens is 401 g/mol. The largest absolute Gasteiger partial charge is 0.573 e. The van der Waals surface area contributed by atoms with Crippen molar-refractivity contribution in [1.29, 1.82) is 0 Å². The molecule has 1 N–H and O–H groups in total. The molecule has 0 radical (unpaired) electrons. The van der Waals surface area contributed by atoms with Crippen LogP contribution in [0.5, 0.6) is 11.5 Å². The van der Waals surface area contributed by atoms with Gasteiger partial charge in [-0.2, -0.15) is 0 Å². The highest BCUT2D eigenvalue weighted by atomic mass is 35.5. The fourth-order valence-corrected chi connectivity index (χ4v) is 3.21. The molecule has 28 heavy (non-hydrogen) atoms. The first-order valence-corrected chi connectivity index (χ1v) is 8.93. The first-order chi connectivity index (χ1) is 12.8. The second kappa shape index (κ2) is 11.3. The van der Waals surface area contributed by atoms with Crippen LogP contribution in [-0.4, -0.2) is 72.6 Å². The summed E-state index contributed by atoms with van der Waals surface area (Å²) in [6.07, 6.45) is -2.89. The number of alkyl halides is 3. The van der Waals surface area contributed by atoms with Crippen molar-refractivity contribution in [3.8, 4) is 11.5 Å². The van der Waals surface area contributed by atoms with E-state index in [1.807, 2.05) is 11.8 Å². The van der Waals surface area contributed by atoms with Gasteiger partial charge in [-0.3, -0.25) is 14.6 Å². The van der Waals surface area contributed by atoms with Crippen LogP contribution in [0.4, 0.5) is 13.2 Å². The Morgan fingerprint density at radius 2 is 1.79 bits per heavy atom. The number of likely N-dealkylation sites (N-methyl/N-ethyl adjacent to an activating group) is 1. The van der Waals surface area contributed by atoms with Crippen LogP contribution in [0.3, 0.4) is 0 Å². The summed E-state index contributed by atoms with van der Waals surface area (Å²) in [6.45, 7) is 5.61. The highest BCUT2D eigenvalue weighted by Crippen LogP contribution is 2.24. The predicted molar refractivity (Wildman–Crippen MR) is 100 cm³/mol. The van der Waals surface area contributed by atoms with E-state index in [9.17, 15) is 18.0 Å². The summed E-state index contributed by atoms with van der Waals surface area (Å²) in [5, 5.41) is 8.96. The lowest BCUT2D eigenvalue weighted by Gasteiger charge is -2.37. The third kappa shape index (κ3) is 8.53. The van der Waals surface area contributed by atoms with Gasteiger partial charge in [-0.25, -0.2) is 0 Å². The minimum atomic E-state index is -4.70. The number of halogens is 4. The number of ether oxygens (including phenoxy) is 2. The van der Waals surface area contributed by atoms with Crippen molar-refractivity contribution in [1.82, 2.24) is 9.80 Å². The van der Waals surface area contributed by atoms with Crippen LogP contribution in [0.2, 0.25) is 0 Å². The lowest BCUT2D eigenvalue weighted by molar-refractivity contribution is -0.274. The average Bonchev–Trinajstić information content (AvgIpc) is 2.60. The zero-order chi connectivity index (χ0) is 19.9. The number of rotatable bonds is 9. The molecule has 2 rings (SSSR count). The SMILES string of the molecule is CCN(CC(=O)O)C1CCN(CCOc2ccc(OC(F)(F)F)cc2)CC1.Cl. The molecule has 6 nitrogen and oxygen atoms in total. The molecule has 160 valence electrons. The van der Waals surface area contributed by atoms with E-state index in [2.05, 4.69) is 9.64 Å². The van der Waals surface area contributed by atoms with Gasteiger partial charge in [0.2, 0.25) is 0 Å². The van der Waals surface area contributed by atoms with Crippen LogP contribution in [0.1, 0.15) is 19.8 Å². The summed E-state index contributed by atoms with van der Waals surface area (Å²) >= 11 is 0. The van der Waals surface area contributed by atoms with Crippen molar-refractivity contribution in [2.75, 3.05) is 39.3 Å². The molecule has 1 aliphatic rings. The Hall–Kier alpha value is -1.71. The third-order valence-electron chi connectivity index (χ3n) is 4.55. The molecule has 0 atom stereocenters. The number of hydrogen-bond acceptors (Lipinski definition) is 5. The standard InChI is InChI=1S/C18H25F3N2O4.ClH/c1-2-23(13-17(24)25)14-7-9-22(10-8-14)11-12-26-15-3-5-16(6-4-15)27-18(19,20)21;/h3-6,14H,2,7-13H2,1H3,(H,24,25);1H. The van der Waals surface area contributed by atoms with Crippen molar-refractivity contribution < 1.29 is 32.5 Å². The number of hydrogen-bond donors (Lipinski definition) is 1. The molecule has 0 saturated carbocycles. The van der Waals surface area contributed by atoms with E-state index in [1.165, 1.54) is 24.3 Å². The van der Waals surface area contributed by atoms with Gasteiger partial charge in [0.25, 0.3) is 0 Å². The average molecular weight is 427 g/mol. The Labute approximate surface area is 168 Å². The predicted octanol–water partition coefficient (Wildman–Crippen LogP) is 3.26. The highest BCUT2D eigenvalue weighted by molar-refractivity contribution is 5.85. The Morgan fingerprint density at radius 3 is 2.29 bits per heavy atom. The van der Waals surface area contributed by atoms with Crippen LogP contribution in [0.25, 0.3) is 0 Å². The van der Waals surface area contributed by atoms with E-state index < -0.39 is 12.3 Å². The maximum absolute atomic E-state index is 12.1. The van der Waals surface area contributed by atoms with E-state index in [4.69, 9.17) is 9.84 Å². The van der Waals surface area contributed by atoms with Gasteiger partial charge < -0.3 is 14.6 Å². The van der Waals surface area contributed by atoms with Crippen molar-refractivity contribution in [2.24, 2.45) is 0 Å². The maximum atomic E-state index is 12.1. The summed E-state index contributed by atoms with van der Waals surface area (Å²) in [4.78, 5) is 15.1. The summed E-state index contributed by atoms with van der Waals surface area (Å²) in [5.74, 6) is -0.601. The minimum Gasteiger partial charge on any atom is -0.492 e. The van der Waals surface area contributed by atoms with E-state index in [0.29, 0.717) is 25.4 Å². The fourth-order valence-electron chi connectivity index (χ4n) is 3.21. The van der Waals surface area contributed by atoms with Crippen LogP contribution in [0.15, 0.2) is 24.3 Å². The number of likely N-dealkylation sites (tertiary alicyclic amines) is 1. The first kappa shape index (κ1) is 24.3. The fraction of sp³-hybridized carbons (Fsp3) is 0.611. The number of benzene rings is 1. The molecule has 1 fully saturated rings. The summed E-state index contributed by atoms with van der Waals surface area (Å²) in [5.41, 5.74) is 0. The van der Waals surface area contributed by atoms with Crippen molar-refractivity contribution in [3.05, 3.63) is 24.3 Å².